The van der Waals surface area contributed by atoms with Crippen LogP contribution in [0.1, 0.15) is 23.4 Å². The third-order valence-corrected chi connectivity index (χ3v) is 4.18. The van der Waals surface area contributed by atoms with Gasteiger partial charge in [0.2, 0.25) is 11.8 Å². The van der Waals surface area contributed by atoms with Gasteiger partial charge in [-0.05, 0) is 20.3 Å². The van der Waals surface area contributed by atoms with Gasteiger partial charge in [0.1, 0.15) is 11.6 Å². The van der Waals surface area contributed by atoms with Gasteiger partial charge in [0.05, 0.1) is 38.2 Å². The van der Waals surface area contributed by atoms with Crippen LogP contribution in [-0.4, -0.2) is 47.6 Å². The Balaban J connectivity index is 1.67. The fourth-order valence-electron chi connectivity index (χ4n) is 2.76. The van der Waals surface area contributed by atoms with Gasteiger partial charge in [0.25, 0.3) is 0 Å². The van der Waals surface area contributed by atoms with Crippen molar-refractivity contribution in [3.8, 4) is 5.88 Å². The summed E-state index contributed by atoms with van der Waals surface area (Å²) in [5, 5.41) is 7.26. The zero-order valence-corrected chi connectivity index (χ0v) is 14.6. The highest BCUT2D eigenvalue weighted by atomic mass is 16.5. The average molecular weight is 349 g/mol. The largest absolute Gasteiger partial charge is 0.481 e. The molecule has 1 aliphatic rings. The fourth-order valence-corrected chi connectivity index (χ4v) is 2.76. The number of nitrogens with zero attached hydrogens (tertiary/aromatic N) is 3. The van der Waals surface area contributed by atoms with Gasteiger partial charge in [-0.25, -0.2) is 0 Å². The lowest BCUT2D eigenvalue weighted by molar-refractivity contribution is -0.0482. The molecule has 0 amide bonds. The van der Waals surface area contributed by atoms with Crippen LogP contribution in [0.3, 0.4) is 0 Å². The van der Waals surface area contributed by atoms with Gasteiger partial charge in [0, 0.05) is 18.2 Å². The van der Waals surface area contributed by atoms with Crippen molar-refractivity contribution in [2.24, 2.45) is 0 Å². The van der Waals surface area contributed by atoms with E-state index < -0.39 is 0 Å². The summed E-state index contributed by atoms with van der Waals surface area (Å²) >= 11 is 0. The smallest absolute Gasteiger partial charge is 0.225 e. The maximum absolute atomic E-state index is 6.11. The van der Waals surface area contributed by atoms with E-state index in [9.17, 15) is 0 Å². The van der Waals surface area contributed by atoms with E-state index in [4.69, 9.17) is 24.5 Å². The molecular formula is C16H23N5O4. The molecule has 0 aromatic carbocycles. The summed E-state index contributed by atoms with van der Waals surface area (Å²) in [6, 6.07) is 1.63. The number of methoxy groups -OCH3 is 1. The Morgan fingerprint density at radius 2 is 2.20 bits per heavy atom. The van der Waals surface area contributed by atoms with Crippen LogP contribution in [0.2, 0.25) is 0 Å². The van der Waals surface area contributed by atoms with E-state index >= 15 is 0 Å². The van der Waals surface area contributed by atoms with Crippen LogP contribution in [0.25, 0.3) is 0 Å². The van der Waals surface area contributed by atoms with Crippen molar-refractivity contribution >= 4 is 11.8 Å². The van der Waals surface area contributed by atoms with E-state index in [0.717, 1.165) is 23.4 Å². The number of anilines is 2. The Morgan fingerprint density at radius 3 is 2.92 bits per heavy atom. The summed E-state index contributed by atoms with van der Waals surface area (Å²) in [6.45, 7) is 5.40. The van der Waals surface area contributed by atoms with Gasteiger partial charge in [-0.2, -0.15) is 9.97 Å². The highest BCUT2D eigenvalue weighted by molar-refractivity contribution is 5.43. The predicted molar refractivity (Wildman–Crippen MR) is 90.4 cm³/mol. The molecule has 3 heterocycles. The van der Waals surface area contributed by atoms with Crippen molar-refractivity contribution in [3.05, 3.63) is 23.1 Å². The second-order valence-corrected chi connectivity index (χ2v) is 5.92. The lowest BCUT2D eigenvalue weighted by Crippen LogP contribution is -2.44. The molecule has 25 heavy (non-hydrogen) atoms. The highest BCUT2D eigenvalue weighted by Crippen LogP contribution is 2.22. The number of aryl methyl sites for hydroxylation is 2. The first kappa shape index (κ1) is 17.4. The van der Waals surface area contributed by atoms with Crippen LogP contribution in [0, 0.1) is 13.8 Å². The van der Waals surface area contributed by atoms with E-state index in [2.05, 4.69) is 20.4 Å². The molecule has 2 aromatic heterocycles. The van der Waals surface area contributed by atoms with Crippen LogP contribution < -0.4 is 15.8 Å². The SMILES string of the molecule is COc1cc(N[C@@H]2COCC[C@@H]2OCc2c(C)noc2C)nc(N)n1. The minimum absolute atomic E-state index is 0.0374. The summed E-state index contributed by atoms with van der Waals surface area (Å²) in [4.78, 5) is 8.17. The average Bonchev–Trinajstić information content (AvgIpc) is 2.92. The third kappa shape index (κ3) is 4.18. The summed E-state index contributed by atoms with van der Waals surface area (Å²) in [7, 11) is 1.53. The van der Waals surface area contributed by atoms with Crippen molar-refractivity contribution in [3.63, 3.8) is 0 Å². The Hall–Kier alpha value is -2.39. The van der Waals surface area contributed by atoms with E-state index in [0.29, 0.717) is 31.5 Å². The molecule has 1 aliphatic heterocycles. The van der Waals surface area contributed by atoms with E-state index in [1.54, 1.807) is 6.07 Å². The van der Waals surface area contributed by atoms with Crippen molar-refractivity contribution in [2.75, 3.05) is 31.4 Å². The van der Waals surface area contributed by atoms with Crippen LogP contribution in [0.5, 0.6) is 5.88 Å². The normalized spacial score (nSPS) is 20.4. The molecule has 2 atom stereocenters. The number of aromatic nitrogens is 3. The first-order chi connectivity index (χ1) is 12.1. The van der Waals surface area contributed by atoms with E-state index in [1.165, 1.54) is 7.11 Å². The molecule has 0 aliphatic carbocycles. The summed E-state index contributed by atoms with van der Waals surface area (Å²) in [6.07, 6.45) is 0.739. The number of rotatable bonds is 6. The van der Waals surface area contributed by atoms with Crippen molar-refractivity contribution < 1.29 is 18.7 Å². The number of ether oxygens (including phenoxy) is 3. The van der Waals surface area contributed by atoms with Gasteiger partial charge in [-0.3, -0.25) is 0 Å². The standard InChI is InChI=1S/C16H23N5O4/c1-9-11(10(2)25-21-9)7-24-13-4-5-23-8-12(13)18-14-6-15(22-3)20-16(17)19-14/h6,12-13H,4-5,7-8H2,1-3H3,(H3,17,18,19,20)/t12-,13+/m1/s1. The molecule has 0 unspecified atom stereocenters. The maximum atomic E-state index is 6.11. The molecule has 3 N–H and O–H groups in total. The van der Waals surface area contributed by atoms with Crippen LogP contribution in [0.15, 0.2) is 10.6 Å². The number of nitrogens with two attached hydrogens (primary N) is 1. The second kappa shape index (κ2) is 7.66. The molecule has 9 nitrogen and oxygen atoms in total. The molecule has 136 valence electrons. The molecule has 0 spiro atoms. The second-order valence-electron chi connectivity index (χ2n) is 5.92. The first-order valence-electron chi connectivity index (χ1n) is 8.13. The molecule has 0 saturated carbocycles. The summed E-state index contributed by atoms with van der Waals surface area (Å²) in [5.74, 6) is 1.90. The van der Waals surface area contributed by atoms with Crippen LogP contribution in [0.4, 0.5) is 11.8 Å². The topological polar surface area (TPSA) is 118 Å². The van der Waals surface area contributed by atoms with Gasteiger partial charge < -0.3 is 29.8 Å². The Morgan fingerprint density at radius 1 is 1.36 bits per heavy atom. The molecule has 0 radical (unpaired) electrons. The number of nitrogens with one attached hydrogen (secondary N) is 1. The highest BCUT2D eigenvalue weighted by Gasteiger charge is 2.28. The van der Waals surface area contributed by atoms with Crippen LogP contribution >= 0.6 is 0 Å². The first-order valence-corrected chi connectivity index (χ1v) is 8.13. The minimum Gasteiger partial charge on any atom is -0.481 e. The third-order valence-electron chi connectivity index (χ3n) is 4.18. The van der Waals surface area contributed by atoms with Crippen LogP contribution in [-0.2, 0) is 16.1 Å². The van der Waals surface area contributed by atoms with Gasteiger partial charge >= 0.3 is 0 Å². The van der Waals surface area contributed by atoms with Crippen molar-refractivity contribution in [1.29, 1.82) is 0 Å². The molecule has 1 fully saturated rings. The zero-order chi connectivity index (χ0) is 17.8. The number of nitrogen functional groups attached to an aromatic ring is 1. The summed E-state index contributed by atoms with van der Waals surface area (Å²) in [5.41, 5.74) is 7.54. The minimum atomic E-state index is -0.0618. The Labute approximate surface area is 145 Å². The van der Waals surface area contributed by atoms with E-state index in [1.807, 2.05) is 13.8 Å². The quantitative estimate of drug-likeness (QED) is 0.799. The van der Waals surface area contributed by atoms with Crippen molar-refractivity contribution in [1.82, 2.24) is 15.1 Å². The lowest BCUT2D eigenvalue weighted by atomic mass is 10.1. The molecule has 9 heteroatoms. The Bertz CT molecular complexity index is 701. The summed E-state index contributed by atoms with van der Waals surface area (Å²) < 4.78 is 22.0. The van der Waals surface area contributed by atoms with Gasteiger partial charge in [-0.1, -0.05) is 5.16 Å². The zero-order valence-electron chi connectivity index (χ0n) is 14.6. The lowest BCUT2D eigenvalue weighted by Gasteiger charge is -2.32. The molecule has 0 bridgehead atoms. The number of hydrogen-bond donors (Lipinski definition) is 2. The molecule has 1 saturated heterocycles. The number of hydrogen-bond acceptors (Lipinski definition) is 9. The molecular weight excluding hydrogens is 326 g/mol. The van der Waals surface area contributed by atoms with Gasteiger partial charge in [-0.15, -0.1) is 0 Å². The van der Waals surface area contributed by atoms with Gasteiger partial charge in [0.15, 0.2) is 0 Å². The van der Waals surface area contributed by atoms with E-state index in [-0.39, 0.29) is 18.1 Å². The fraction of sp³-hybridized carbons (Fsp3) is 0.562. The Kier molecular flexibility index (Phi) is 5.34. The molecule has 3 rings (SSSR count). The monoisotopic (exact) mass is 349 g/mol. The predicted octanol–water partition coefficient (Wildman–Crippen LogP) is 1.46. The molecule has 2 aromatic rings. The van der Waals surface area contributed by atoms with Crippen molar-refractivity contribution in [2.45, 2.75) is 39.0 Å². The maximum Gasteiger partial charge on any atom is 0.225 e.